The molecule has 3 aliphatic heterocycles. The molecule has 0 radical (unpaired) electrons. The second-order valence-electron chi connectivity index (χ2n) is 10.2. The number of thiazole rings is 1. The predicted octanol–water partition coefficient (Wildman–Crippen LogP) is 4.58. The van der Waals surface area contributed by atoms with Crippen LogP contribution in [0.25, 0.3) is 5.57 Å². The molecule has 0 spiro atoms. The molecule has 6 rings (SSSR count). The van der Waals surface area contributed by atoms with Crippen molar-refractivity contribution in [3.63, 3.8) is 0 Å². The summed E-state index contributed by atoms with van der Waals surface area (Å²) in [4.78, 5) is 9.06. The van der Waals surface area contributed by atoms with Gasteiger partial charge in [-0.3, -0.25) is 4.90 Å². The zero-order chi connectivity index (χ0) is 28.4. The van der Waals surface area contributed by atoms with E-state index in [0.717, 1.165) is 18.9 Å². The van der Waals surface area contributed by atoms with Crippen LogP contribution >= 0.6 is 11.3 Å². The smallest absolute Gasteiger partial charge is 0.416 e. The average molecular weight is 580 g/mol. The van der Waals surface area contributed by atoms with Gasteiger partial charge in [-0.15, -0.1) is 0 Å². The van der Waals surface area contributed by atoms with E-state index in [1.165, 1.54) is 17.6 Å². The zero-order valence-electron chi connectivity index (χ0n) is 21.1. The number of nitrogens with zero attached hydrogens (tertiary/aromatic N) is 5. The SMILES string of the molecule is CN1C2CCC1CN(c1nc(O)c(C(Cc3ccc(C(F)(F)F)cc3C(F)(F)F)=c3ccc4c(c3)C=NN=4)s1)C2. The summed E-state index contributed by atoms with van der Waals surface area (Å²) in [6.45, 7) is 1.42. The number of aromatic nitrogens is 1. The number of likely N-dealkylation sites (N-methyl/N-ethyl adjacent to an activating group) is 1. The van der Waals surface area contributed by atoms with E-state index in [4.69, 9.17) is 0 Å². The third-order valence-electron chi connectivity index (χ3n) is 7.84. The molecule has 210 valence electrons. The van der Waals surface area contributed by atoms with Gasteiger partial charge in [-0.1, -0.05) is 23.5 Å². The van der Waals surface area contributed by atoms with E-state index < -0.39 is 23.5 Å². The van der Waals surface area contributed by atoms with E-state index in [9.17, 15) is 31.4 Å². The van der Waals surface area contributed by atoms with E-state index in [-0.39, 0.29) is 28.8 Å². The van der Waals surface area contributed by atoms with Gasteiger partial charge in [0.25, 0.3) is 0 Å². The van der Waals surface area contributed by atoms with Crippen molar-refractivity contribution in [1.82, 2.24) is 9.88 Å². The van der Waals surface area contributed by atoms with Gasteiger partial charge < -0.3 is 10.0 Å². The second kappa shape index (κ2) is 9.58. The standard InChI is InChI=1S/C27H23F6N5OS/c1-37-18-5-6-19(37)13-38(12-18)25-35-24(39)23(40-25)20(14-3-7-22-16(8-14)11-34-36-22)9-15-2-4-17(26(28,29)30)10-21(15)27(31,32)33/h2-4,7-8,10-11,18-19,39H,5-6,9,12-13H2,1H3. The molecule has 40 heavy (non-hydrogen) atoms. The summed E-state index contributed by atoms with van der Waals surface area (Å²) in [6.07, 6.45) is -6.73. The van der Waals surface area contributed by atoms with Gasteiger partial charge in [0.1, 0.15) is 0 Å². The number of alkyl halides is 6. The Morgan fingerprint density at radius 1 is 1.00 bits per heavy atom. The predicted molar refractivity (Wildman–Crippen MR) is 138 cm³/mol. The summed E-state index contributed by atoms with van der Waals surface area (Å²) >= 11 is 1.17. The highest BCUT2D eigenvalue weighted by molar-refractivity contribution is 7.17. The lowest BCUT2D eigenvalue weighted by atomic mass is 9.94. The molecule has 2 fully saturated rings. The van der Waals surface area contributed by atoms with Crippen LogP contribution in [0, 0.1) is 0 Å². The van der Waals surface area contributed by atoms with Gasteiger partial charge in [0.05, 0.1) is 27.6 Å². The second-order valence-corrected chi connectivity index (χ2v) is 11.2. The lowest BCUT2D eigenvalue weighted by Crippen LogP contribution is -2.51. The highest BCUT2D eigenvalue weighted by Gasteiger charge is 2.40. The van der Waals surface area contributed by atoms with E-state index in [1.54, 1.807) is 18.2 Å². The number of benzene rings is 2. The Labute approximate surface area is 228 Å². The number of anilines is 1. The van der Waals surface area contributed by atoms with Crippen LogP contribution in [-0.2, 0) is 18.8 Å². The maximum absolute atomic E-state index is 14.0. The Balaban J connectivity index is 1.47. The maximum Gasteiger partial charge on any atom is 0.416 e. The van der Waals surface area contributed by atoms with Crippen LogP contribution in [0.15, 0.2) is 46.6 Å². The van der Waals surface area contributed by atoms with Crippen molar-refractivity contribution in [3.05, 3.63) is 74.1 Å². The fourth-order valence-electron chi connectivity index (χ4n) is 5.67. The number of rotatable bonds is 4. The van der Waals surface area contributed by atoms with Gasteiger partial charge in [-0.25, -0.2) is 0 Å². The van der Waals surface area contributed by atoms with Crippen LogP contribution in [-0.4, -0.2) is 53.4 Å². The first kappa shape index (κ1) is 26.8. The third kappa shape index (κ3) is 4.85. The van der Waals surface area contributed by atoms with Crippen molar-refractivity contribution >= 4 is 28.3 Å². The first-order chi connectivity index (χ1) is 18.9. The minimum absolute atomic E-state index is 0.138. The Morgan fingerprint density at radius 2 is 1.73 bits per heavy atom. The van der Waals surface area contributed by atoms with Gasteiger partial charge in [-0.05, 0) is 60.5 Å². The van der Waals surface area contributed by atoms with E-state index in [2.05, 4.69) is 32.0 Å². The molecule has 2 saturated heterocycles. The number of fused-ring (bicyclic) bond motifs is 3. The van der Waals surface area contributed by atoms with E-state index >= 15 is 0 Å². The molecular weight excluding hydrogens is 556 g/mol. The summed E-state index contributed by atoms with van der Waals surface area (Å²) < 4.78 is 81.9. The van der Waals surface area contributed by atoms with E-state index in [1.807, 2.05) is 0 Å². The maximum atomic E-state index is 14.0. The normalized spacial score (nSPS) is 21.5. The topological polar surface area (TPSA) is 64.3 Å². The Kier molecular flexibility index (Phi) is 6.41. The molecule has 3 aliphatic rings. The summed E-state index contributed by atoms with van der Waals surface area (Å²) in [7, 11) is 2.09. The molecule has 2 atom stereocenters. The highest BCUT2D eigenvalue weighted by atomic mass is 32.1. The van der Waals surface area contributed by atoms with Gasteiger partial charge in [-0.2, -0.15) is 41.5 Å². The first-order valence-electron chi connectivity index (χ1n) is 12.6. The Morgan fingerprint density at radius 3 is 2.40 bits per heavy atom. The minimum atomic E-state index is -5.02. The van der Waals surface area contributed by atoms with Crippen molar-refractivity contribution in [3.8, 4) is 5.88 Å². The molecule has 0 aliphatic carbocycles. The van der Waals surface area contributed by atoms with Crippen molar-refractivity contribution in [2.24, 2.45) is 10.2 Å². The van der Waals surface area contributed by atoms with Gasteiger partial charge >= 0.3 is 12.4 Å². The molecule has 2 unspecified atom stereocenters. The van der Waals surface area contributed by atoms with Crippen LogP contribution in [0.5, 0.6) is 5.88 Å². The number of halogens is 6. The van der Waals surface area contributed by atoms with Crippen molar-refractivity contribution in [2.45, 2.75) is 43.7 Å². The Hall–Kier alpha value is -3.45. The molecule has 2 aromatic carbocycles. The zero-order valence-corrected chi connectivity index (χ0v) is 21.9. The quantitative estimate of drug-likeness (QED) is 0.460. The molecule has 0 saturated carbocycles. The summed E-state index contributed by atoms with van der Waals surface area (Å²) in [5, 5.41) is 20.4. The molecule has 2 bridgehead atoms. The Bertz CT molecular complexity index is 1620. The summed E-state index contributed by atoms with van der Waals surface area (Å²) in [6, 6.07) is 7.33. The molecular formula is C27H23F6N5OS. The summed E-state index contributed by atoms with van der Waals surface area (Å²) in [5.41, 5.74) is -2.16. The molecule has 6 nitrogen and oxygen atoms in total. The number of piperazine rings is 1. The minimum Gasteiger partial charge on any atom is -0.492 e. The van der Waals surface area contributed by atoms with Crippen molar-refractivity contribution < 1.29 is 31.4 Å². The average Bonchev–Trinajstić information content (AvgIpc) is 3.55. The number of aromatic hydroxyl groups is 1. The fourth-order valence-corrected chi connectivity index (χ4v) is 6.71. The first-order valence-corrected chi connectivity index (χ1v) is 13.4. The lowest BCUT2D eigenvalue weighted by molar-refractivity contribution is -0.143. The van der Waals surface area contributed by atoms with Gasteiger partial charge in [0.2, 0.25) is 5.88 Å². The largest absolute Gasteiger partial charge is 0.492 e. The van der Waals surface area contributed by atoms with Crippen LogP contribution in [0.1, 0.15) is 40.0 Å². The van der Waals surface area contributed by atoms with Crippen LogP contribution < -0.4 is 15.5 Å². The van der Waals surface area contributed by atoms with Crippen LogP contribution in [0.3, 0.4) is 0 Å². The van der Waals surface area contributed by atoms with Gasteiger partial charge in [0, 0.05) is 37.2 Å². The summed E-state index contributed by atoms with van der Waals surface area (Å²) in [5.74, 6) is -0.333. The molecule has 13 heteroatoms. The molecule has 4 heterocycles. The van der Waals surface area contributed by atoms with Crippen LogP contribution in [0.2, 0.25) is 0 Å². The van der Waals surface area contributed by atoms with Crippen molar-refractivity contribution in [2.75, 3.05) is 25.0 Å². The molecule has 1 N–H and O–H groups in total. The van der Waals surface area contributed by atoms with E-state index in [0.29, 0.717) is 58.1 Å². The monoisotopic (exact) mass is 579 g/mol. The number of hydrogen-bond acceptors (Lipinski definition) is 7. The molecule has 3 aromatic rings. The fraction of sp³-hybridized carbons (Fsp3) is 0.370. The number of hydrogen-bond donors (Lipinski definition) is 1. The molecule has 1 aromatic heterocycles. The van der Waals surface area contributed by atoms with Crippen molar-refractivity contribution in [1.29, 1.82) is 0 Å². The van der Waals surface area contributed by atoms with Crippen LogP contribution in [0.4, 0.5) is 31.5 Å². The lowest BCUT2D eigenvalue weighted by Gasteiger charge is -2.38. The highest BCUT2D eigenvalue weighted by Crippen LogP contribution is 2.42. The molecule has 0 amide bonds. The third-order valence-corrected chi connectivity index (χ3v) is 9.00. The van der Waals surface area contributed by atoms with Gasteiger partial charge in [0.15, 0.2) is 5.13 Å².